The first-order chi connectivity index (χ1) is 12.2. The van der Waals surface area contributed by atoms with Gasteiger partial charge in [-0.1, -0.05) is 18.2 Å². The molecule has 0 spiro atoms. The molecule has 1 saturated heterocycles. The zero-order chi connectivity index (χ0) is 17.6. The number of urea groups is 1. The molecule has 1 aromatic carbocycles. The summed E-state index contributed by atoms with van der Waals surface area (Å²) in [6, 6.07) is 9.94. The summed E-state index contributed by atoms with van der Waals surface area (Å²) in [5, 5.41) is 6.98. The fraction of sp³-hybridized carbons (Fsp3) is 0.444. The van der Waals surface area contributed by atoms with Crippen molar-refractivity contribution in [1.29, 1.82) is 0 Å². The molecule has 1 aromatic heterocycles. The van der Waals surface area contributed by atoms with E-state index in [9.17, 15) is 9.59 Å². The quantitative estimate of drug-likeness (QED) is 0.797. The van der Waals surface area contributed by atoms with Crippen molar-refractivity contribution in [2.75, 3.05) is 19.7 Å². The van der Waals surface area contributed by atoms with Gasteiger partial charge in [-0.25, -0.2) is 9.59 Å². The third-order valence-corrected chi connectivity index (χ3v) is 4.38. The highest BCUT2D eigenvalue weighted by Gasteiger charge is 2.24. The van der Waals surface area contributed by atoms with Gasteiger partial charge in [-0.2, -0.15) is 0 Å². The van der Waals surface area contributed by atoms with Crippen LogP contribution in [0.15, 0.2) is 30.3 Å². The van der Waals surface area contributed by atoms with E-state index in [1.165, 1.54) is 0 Å². The predicted octanol–water partition coefficient (Wildman–Crippen LogP) is 2.59. The van der Waals surface area contributed by atoms with Crippen LogP contribution in [0, 0.1) is 0 Å². The minimum atomic E-state index is -0.274. The molecule has 3 rings (SSSR count). The largest absolute Gasteiger partial charge is 0.450 e. The molecule has 1 aliphatic rings. The fourth-order valence-electron chi connectivity index (χ4n) is 3.06. The number of carbonyl (C=O) groups excluding carboxylic acids is 2. The number of hydrogen-bond donors (Lipinski definition) is 3. The van der Waals surface area contributed by atoms with Gasteiger partial charge in [0.05, 0.1) is 13.2 Å². The van der Waals surface area contributed by atoms with E-state index in [2.05, 4.69) is 15.6 Å². The molecule has 0 aliphatic carbocycles. The molecule has 3 N–H and O–H groups in total. The highest BCUT2D eigenvalue weighted by Crippen LogP contribution is 2.14. The number of rotatable bonds is 4. The molecule has 0 saturated carbocycles. The Kier molecular flexibility index (Phi) is 5.42. The lowest BCUT2D eigenvalue weighted by atomic mass is 10.1. The summed E-state index contributed by atoms with van der Waals surface area (Å²) in [5.74, 6) is 0. The van der Waals surface area contributed by atoms with E-state index in [1.54, 1.807) is 11.8 Å². The topological polar surface area (TPSA) is 86.5 Å². The van der Waals surface area contributed by atoms with E-state index in [4.69, 9.17) is 4.74 Å². The molecule has 0 atom stereocenters. The Morgan fingerprint density at radius 3 is 2.76 bits per heavy atom. The SMILES string of the molecule is CCOC(=O)N1CCC(NC(=O)NCc2cc3ccccc3[nH]2)CC1. The second kappa shape index (κ2) is 7.92. The maximum atomic E-state index is 12.1. The Morgan fingerprint density at radius 2 is 2.04 bits per heavy atom. The summed E-state index contributed by atoms with van der Waals surface area (Å²) < 4.78 is 4.99. The second-order valence-corrected chi connectivity index (χ2v) is 6.17. The van der Waals surface area contributed by atoms with Crippen molar-refractivity contribution in [1.82, 2.24) is 20.5 Å². The average molecular weight is 344 g/mol. The van der Waals surface area contributed by atoms with Crippen molar-refractivity contribution in [3.8, 4) is 0 Å². The van der Waals surface area contributed by atoms with Crippen LogP contribution in [-0.2, 0) is 11.3 Å². The summed E-state index contributed by atoms with van der Waals surface area (Å²) >= 11 is 0. The van der Waals surface area contributed by atoms with Crippen molar-refractivity contribution in [2.45, 2.75) is 32.4 Å². The summed E-state index contributed by atoms with van der Waals surface area (Å²) in [4.78, 5) is 28.7. The van der Waals surface area contributed by atoms with Crippen LogP contribution in [0.5, 0.6) is 0 Å². The van der Waals surface area contributed by atoms with Crippen molar-refractivity contribution in [3.63, 3.8) is 0 Å². The number of amides is 3. The number of H-pyrrole nitrogens is 1. The van der Waals surface area contributed by atoms with E-state index in [0.717, 1.165) is 29.4 Å². The van der Waals surface area contributed by atoms with Crippen LogP contribution in [-0.4, -0.2) is 47.7 Å². The minimum absolute atomic E-state index is 0.0772. The number of ether oxygens (including phenoxy) is 1. The Hall–Kier alpha value is -2.70. The Bertz CT molecular complexity index is 702. The van der Waals surface area contributed by atoms with Gasteiger partial charge in [0.2, 0.25) is 0 Å². The first kappa shape index (κ1) is 17.1. The second-order valence-electron chi connectivity index (χ2n) is 6.17. The number of para-hydroxylation sites is 1. The molecule has 7 heteroatoms. The van der Waals surface area contributed by atoms with Gasteiger partial charge in [0, 0.05) is 30.3 Å². The molecular formula is C18H24N4O3. The number of benzene rings is 1. The first-order valence-electron chi connectivity index (χ1n) is 8.68. The molecule has 3 amide bonds. The van der Waals surface area contributed by atoms with Gasteiger partial charge in [-0.15, -0.1) is 0 Å². The molecule has 1 aliphatic heterocycles. The molecule has 7 nitrogen and oxygen atoms in total. The maximum absolute atomic E-state index is 12.1. The van der Waals surface area contributed by atoms with Gasteiger partial charge in [0.25, 0.3) is 0 Å². The highest BCUT2D eigenvalue weighted by atomic mass is 16.6. The van der Waals surface area contributed by atoms with Crippen LogP contribution in [0.1, 0.15) is 25.5 Å². The summed E-state index contributed by atoms with van der Waals surface area (Å²) in [5.41, 5.74) is 2.03. The lowest BCUT2D eigenvalue weighted by Gasteiger charge is -2.31. The molecule has 2 heterocycles. The van der Waals surface area contributed by atoms with Crippen LogP contribution in [0.3, 0.4) is 0 Å². The normalized spacial score (nSPS) is 15.2. The highest BCUT2D eigenvalue weighted by molar-refractivity contribution is 5.80. The number of carbonyl (C=O) groups is 2. The third-order valence-electron chi connectivity index (χ3n) is 4.38. The van der Waals surface area contributed by atoms with Crippen molar-refractivity contribution in [2.24, 2.45) is 0 Å². The number of aromatic amines is 1. The van der Waals surface area contributed by atoms with Gasteiger partial charge in [0.1, 0.15) is 0 Å². The number of piperidine rings is 1. The monoisotopic (exact) mass is 344 g/mol. The predicted molar refractivity (Wildman–Crippen MR) is 95.3 cm³/mol. The smallest absolute Gasteiger partial charge is 0.409 e. The van der Waals surface area contributed by atoms with Crippen molar-refractivity contribution < 1.29 is 14.3 Å². The van der Waals surface area contributed by atoms with E-state index in [-0.39, 0.29) is 18.2 Å². The van der Waals surface area contributed by atoms with Gasteiger partial charge in [0.15, 0.2) is 0 Å². The van der Waals surface area contributed by atoms with Crippen LogP contribution >= 0.6 is 0 Å². The number of fused-ring (bicyclic) bond motifs is 1. The Balaban J connectivity index is 1.42. The van der Waals surface area contributed by atoms with Crippen molar-refractivity contribution in [3.05, 3.63) is 36.0 Å². The van der Waals surface area contributed by atoms with Crippen LogP contribution in [0.25, 0.3) is 10.9 Å². The maximum Gasteiger partial charge on any atom is 0.409 e. The number of aromatic nitrogens is 1. The standard InChI is InChI=1S/C18H24N4O3/c1-2-25-18(24)22-9-7-14(8-10-22)21-17(23)19-12-15-11-13-5-3-4-6-16(13)20-15/h3-6,11,14,20H,2,7-10,12H2,1H3,(H2,19,21,23). The van der Waals surface area contributed by atoms with E-state index in [1.807, 2.05) is 30.3 Å². The molecular weight excluding hydrogens is 320 g/mol. The van der Waals surface area contributed by atoms with Crippen LogP contribution in [0.2, 0.25) is 0 Å². The van der Waals surface area contributed by atoms with E-state index >= 15 is 0 Å². The molecule has 0 bridgehead atoms. The van der Waals surface area contributed by atoms with E-state index in [0.29, 0.717) is 26.2 Å². The van der Waals surface area contributed by atoms with Gasteiger partial charge < -0.3 is 25.3 Å². The van der Waals surface area contributed by atoms with E-state index < -0.39 is 0 Å². The van der Waals surface area contributed by atoms with Crippen LogP contribution in [0.4, 0.5) is 9.59 Å². The summed E-state index contributed by atoms with van der Waals surface area (Å²) in [6.07, 6.45) is 1.20. The minimum Gasteiger partial charge on any atom is -0.450 e. The molecule has 0 unspecified atom stereocenters. The first-order valence-corrected chi connectivity index (χ1v) is 8.68. The Morgan fingerprint density at radius 1 is 1.28 bits per heavy atom. The van der Waals surface area contributed by atoms with Gasteiger partial charge in [-0.3, -0.25) is 0 Å². The third kappa shape index (κ3) is 4.43. The fourth-order valence-corrected chi connectivity index (χ4v) is 3.06. The van der Waals surface area contributed by atoms with Crippen molar-refractivity contribution >= 4 is 23.0 Å². The number of nitrogens with zero attached hydrogens (tertiary/aromatic N) is 1. The lowest BCUT2D eigenvalue weighted by molar-refractivity contribution is 0.0957. The Labute approximate surface area is 146 Å². The average Bonchev–Trinajstić information content (AvgIpc) is 3.04. The lowest BCUT2D eigenvalue weighted by Crippen LogP contribution is -2.49. The zero-order valence-electron chi connectivity index (χ0n) is 14.4. The number of hydrogen-bond acceptors (Lipinski definition) is 3. The zero-order valence-corrected chi connectivity index (χ0v) is 14.4. The molecule has 2 aromatic rings. The summed E-state index contributed by atoms with van der Waals surface area (Å²) in [7, 11) is 0. The molecule has 25 heavy (non-hydrogen) atoms. The number of nitrogens with one attached hydrogen (secondary N) is 3. The molecule has 134 valence electrons. The summed E-state index contributed by atoms with van der Waals surface area (Å²) in [6.45, 7) is 3.83. The molecule has 0 radical (unpaired) electrons. The molecule has 1 fully saturated rings. The van der Waals surface area contributed by atoms with Crippen LogP contribution < -0.4 is 10.6 Å². The van der Waals surface area contributed by atoms with Gasteiger partial charge in [-0.05, 0) is 37.3 Å². The van der Waals surface area contributed by atoms with Gasteiger partial charge >= 0.3 is 12.1 Å². The number of likely N-dealkylation sites (tertiary alicyclic amines) is 1.